The van der Waals surface area contributed by atoms with Crippen molar-refractivity contribution in [2.45, 2.75) is 39.2 Å². The monoisotopic (exact) mass is 408 g/mol. The van der Waals surface area contributed by atoms with Gasteiger partial charge in [-0.15, -0.1) is 0 Å². The second-order valence-electron chi connectivity index (χ2n) is 7.94. The Bertz CT molecular complexity index is 895. The highest BCUT2D eigenvalue weighted by atomic mass is 16.5. The van der Waals surface area contributed by atoms with Gasteiger partial charge in [0.1, 0.15) is 0 Å². The van der Waals surface area contributed by atoms with Crippen LogP contribution in [0.15, 0.2) is 54.6 Å². The molecule has 1 atom stereocenters. The average molecular weight is 408 g/mol. The molecule has 6 nitrogen and oxygen atoms in total. The van der Waals surface area contributed by atoms with Crippen LogP contribution in [0.25, 0.3) is 0 Å². The largest absolute Gasteiger partial charge is 0.452 e. The molecule has 1 heterocycles. The molecular formula is C24H28N2O4. The van der Waals surface area contributed by atoms with Gasteiger partial charge in [0, 0.05) is 18.7 Å². The lowest BCUT2D eigenvalue weighted by atomic mass is 9.97. The molecule has 0 aliphatic carbocycles. The van der Waals surface area contributed by atoms with Crippen LogP contribution >= 0.6 is 0 Å². The molecule has 1 aliphatic heterocycles. The number of ether oxygens (including phenoxy) is 1. The minimum Gasteiger partial charge on any atom is -0.452 e. The highest BCUT2D eigenvalue weighted by Gasteiger charge is 2.23. The number of rotatable bonds is 8. The number of carbonyl (C=O) groups is 3. The van der Waals surface area contributed by atoms with Gasteiger partial charge in [-0.25, -0.2) is 4.79 Å². The maximum absolute atomic E-state index is 12.4. The van der Waals surface area contributed by atoms with Gasteiger partial charge in [0.05, 0.1) is 11.6 Å². The number of hydrogen-bond donors (Lipinski definition) is 1. The maximum Gasteiger partial charge on any atom is 0.338 e. The minimum atomic E-state index is -0.584. The SMILES string of the molecule is CC(C)CC(NC(=O)COC(=O)c1cccc(N2CCCC2=O)c1)c1ccccc1. The van der Waals surface area contributed by atoms with Crippen LogP contribution in [-0.4, -0.2) is 30.9 Å². The predicted octanol–water partition coefficient (Wildman–Crippen LogP) is 3.87. The van der Waals surface area contributed by atoms with Gasteiger partial charge in [0.15, 0.2) is 6.61 Å². The zero-order valence-corrected chi connectivity index (χ0v) is 17.5. The van der Waals surface area contributed by atoms with E-state index in [2.05, 4.69) is 19.2 Å². The molecule has 3 rings (SSSR count). The molecule has 0 spiro atoms. The van der Waals surface area contributed by atoms with E-state index >= 15 is 0 Å². The van der Waals surface area contributed by atoms with Crippen LogP contribution < -0.4 is 10.2 Å². The van der Waals surface area contributed by atoms with Gasteiger partial charge in [0.2, 0.25) is 5.91 Å². The molecule has 2 aromatic rings. The number of amides is 2. The van der Waals surface area contributed by atoms with Crippen LogP contribution in [0.4, 0.5) is 5.69 Å². The van der Waals surface area contributed by atoms with Gasteiger partial charge in [-0.3, -0.25) is 9.59 Å². The normalized spacial score (nSPS) is 14.6. The number of nitrogens with one attached hydrogen (secondary N) is 1. The Labute approximate surface area is 177 Å². The van der Waals surface area contributed by atoms with E-state index in [1.807, 2.05) is 30.3 Å². The summed E-state index contributed by atoms with van der Waals surface area (Å²) < 4.78 is 5.22. The first-order valence-electron chi connectivity index (χ1n) is 10.4. The second-order valence-corrected chi connectivity index (χ2v) is 7.94. The van der Waals surface area contributed by atoms with Gasteiger partial charge >= 0.3 is 5.97 Å². The van der Waals surface area contributed by atoms with Crippen molar-refractivity contribution in [1.82, 2.24) is 5.32 Å². The zero-order chi connectivity index (χ0) is 21.5. The summed E-state index contributed by atoms with van der Waals surface area (Å²) in [5, 5.41) is 2.96. The quantitative estimate of drug-likeness (QED) is 0.673. The third-order valence-electron chi connectivity index (χ3n) is 5.05. The fraction of sp³-hybridized carbons (Fsp3) is 0.375. The van der Waals surface area contributed by atoms with Crippen LogP contribution in [0.3, 0.4) is 0 Å². The second kappa shape index (κ2) is 10.1. The topological polar surface area (TPSA) is 75.7 Å². The minimum absolute atomic E-state index is 0.0528. The Morgan fingerprint density at radius 1 is 1.10 bits per heavy atom. The number of benzene rings is 2. The van der Waals surface area contributed by atoms with E-state index in [1.165, 1.54) is 0 Å². The van der Waals surface area contributed by atoms with Gasteiger partial charge in [-0.2, -0.15) is 0 Å². The Morgan fingerprint density at radius 2 is 1.87 bits per heavy atom. The van der Waals surface area contributed by atoms with Crippen molar-refractivity contribution in [3.63, 3.8) is 0 Å². The lowest BCUT2D eigenvalue weighted by molar-refractivity contribution is -0.125. The van der Waals surface area contributed by atoms with E-state index in [0.717, 1.165) is 18.4 Å². The van der Waals surface area contributed by atoms with Crippen LogP contribution in [0.2, 0.25) is 0 Å². The standard InChI is InChI=1S/C24H28N2O4/c1-17(2)14-21(18-8-4-3-5-9-18)25-22(27)16-30-24(29)19-10-6-11-20(15-19)26-13-7-12-23(26)28/h3-6,8-11,15,17,21H,7,12-14,16H2,1-2H3,(H,25,27). The summed E-state index contributed by atoms with van der Waals surface area (Å²) in [6, 6.07) is 16.4. The van der Waals surface area contributed by atoms with E-state index < -0.39 is 5.97 Å². The van der Waals surface area contributed by atoms with Gasteiger partial charge in [0.25, 0.3) is 5.91 Å². The summed E-state index contributed by atoms with van der Waals surface area (Å²) in [6.07, 6.45) is 2.12. The van der Waals surface area contributed by atoms with E-state index in [4.69, 9.17) is 4.74 Å². The Kier molecular flexibility index (Phi) is 7.22. The van der Waals surface area contributed by atoms with Gasteiger partial charge in [-0.05, 0) is 42.5 Å². The Balaban J connectivity index is 1.58. The number of anilines is 1. The third-order valence-corrected chi connectivity index (χ3v) is 5.05. The Morgan fingerprint density at radius 3 is 2.53 bits per heavy atom. The summed E-state index contributed by atoms with van der Waals surface area (Å²) in [7, 11) is 0. The van der Waals surface area contributed by atoms with E-state index in [-0.39, 0.29) is 24.5 Å². The van der Waals surface area contributed by atoms with Crippen molar-refractivity contribution in [3.8, 4) is 0 Å². The molecule has 0 saturated carbocycles. The summed E-state index contributed by atoms with van der Waals surface area (Å²) in [5.41, 5.74) is 2.02. The highest BCUT2D eigenvalue weighted by molar-refractivity contribution is 5.97. The van der Waals surface area contributed by atoms with Crippen molar-refractivity contribution in [3.05, 3.63) is 65.7 Å². The lowest BCUT2D eigenvalue weighted by Crippen LogP contribution is -2.33. The summed E-state index contributed by atoms with van der Waals surface area (Å²) in [5.74, 6) is -0.478. The summed E-state index contributed by atoms with van der Waals surface area (Å²) in [6.45, 7) is 4.49. The van der Waals surface area contributed by atoms with Crippen molar-refractivity contribution >= 4 is 23.5 Å². The fourth-order valence-corrected chi connectivity index (χ4v) is 3.61. The summed E-state index contributed by atoms with van der Waals surface area (Å²) >= 11 is 0. The first-order valence-corrected chi connectivity index (χ1v) is 10.4. The molecule has 6 heteroatoms. The fourth-order valence-electron chi connectivity index (χ4n) is 3.61. The molecule has 1 aliphatic rings. The molecule has 2 amide bonds. The number of carbonyl (C=O) groups excluding carboxylic acids is 3. The van der Waals surface area contributed by atoms with E-state index in [0.29, 0.717) is 30.1 Å². The van der Waals surface area contributed by atoms with Crippen molar-refractivity contribution in [2.24, 2.45) is 5.92 Å². The van der Waals surface area contributed by atoms with Crippen LogP contribution in [0, 0.1) is 5.92 Å². The predicted molar refractivity (Wildman–Crippen MR) is 115 cm³/mol. The lowest BCUT2D eigenvalue weighted by Gasteiger charge is -2.21. The number of nitrogens with zero attached hydrogens (tertiary/aromatic N) is 1. The first kappa shape index (κ1) is 21.6. The molecular weight excluding hydrogens is 380 g/mol. The summed E-state index contributed by atoms with van der Waals surface area (Å²) in [4.78, 5) is 38.4. The highest BCUT2D eigenvalue weighted by Crippen LogP contribution is 2.23. The van der Waals surface area contributed by atoms with Crippen LogP contribution in [0.1, 0.15) is 55.1 Å². The molecule has 1 unspecified atom stereocenters. The van der Waals surface area contributed by atoms with Crippen LogP contribution in [0.5, 0.6) is 0 Å². The number of esters is 1. The Hall–Kier alpha value is -3.15. The zero-order valence-electron chi connectivity index (χ0n) is 17.5. The molecule has 158 valence electrons. The molecule has 1 saturated heterocycles. The van der Waals surface area contributed by atoms with Crippen LogP contribution in [-0.2, 0) is 14.3 Å². The molecule has 30 heavy (non-hydrogen) atoms. The molecule has 1 fully saturated rings. The smallest absolute Gasteiger partial charge is 0.338 e. The molecule has 1 N–H and O–H groups in total. The molecule has 0 bridgehead atoms. The first-order chi connectivity index (χ1) is 14.4. The maximum atomic E-state index is 12.4. The van der Waals surface area contributed by atoms with Crippen molar-refractivity contribution < 1.29 is 19.1 Å². The number of hydrogen-bond acceptors (Lipinski definition) is 4. The van der Waals surface area contributed by atoms with Gasteiger partial charge < -0.3 is 15.0 Å². The molecule has 0 radical (unpaired) electrons. The van der Waals surface area contributed by atoms with Gasteiger partial charge in [-0.1, -0.05) is 50.2 Å². The van der Waals surface area contributed by atoms with E-state index in [9.17, 15) is 14.4 Å². The molecule has 0 aromatic heterocycles. The van der Waals surface area contributed by atoms with Crippen molar-refractivity contribution in [2.75, 3.05) is 18.1 Å². The van der Waals surface area contributed by atoms with E-state index in [1.54, 1.807) is 29.2 Å². The average Bonchev–Trinajstić information content (AvgIpc) is 3.18. The third kappa shape index (κ3) is 5.69. The van der Waals surface area contributed by atoms with Crippen molar-refractivity contribution in [1.29, 1.82) is 0 Å². The molecule has 2 aromatic carbocycles.